The van der Waals surface area contributed by atoms with Gasteiger partial charge in [0.1, 0.15) is 17.6 Å². The molecule has 1 N–H and O–H groups in total. The minimum atomic E-state index is -4.16. The lowest BCUT2D eigenvalue weighted by molar-refractivity contribution is -0.135. The van der Waals surface area contributed by atoms with Crippen molar-refractivity contribution in [3.8, 4) is 5.82 Å². The second kappa shape index (κ2) is 9.25. The van der Waals surface area contributed by atoms with Gasteiger partial charge in [-0.05, 0) is 55.5 Å². The number of hydrogen-bond donors (Lipinski definition) is 1. The molecule has 0 fully saturated rings. The summed E-state index contributed by atoms with van der Waals surface area (Å²) in [6.07, 6.45) is 6.08. The van der Waals surface area contributed by atoms with Gasteiger partial charge < -0.3 is 9.67 Å². The first-order valence-electron chi connectivity index (χ1n) is 10.1. The molecule has 0 spiro atoms. The maximum Gasteiger partial charge on any atom is 0.324 e. The van der Waals surface area contributed by atoms with Crippen LogP contribution < -0.4 is 4.31 Å². The third-order valence-electron chi connectivity index (χ3n) is 5.37. The molecule has 3 aromatic rings. The number of aromatic nitrogens is 2. The van der Waals surface area contributed by atoms with Crippen molar-refractivity contribution in [2.45, 2.75) is 18.6 Å². The summed E-state index contributed by atoms with van der Waals surface area (Å²) >= 11 is 12.1. The van der Waals surface area contributed by atoms with E-state index in [1.807, 2.05) is 0 Å². The largest absolute Gasteiger partial charge is 0.480 e. The first-order chi connectivity index (χ1) is 16.1. The first-order valence-corrected chi connectivity index (χ1v) is 12.4. The molecule has 4 rings (SSSR count). The molecule has 11 heteroatoms. The van der Waals surface area contributed by atoms with Crippen molar-refractivity contribution in [1.29, 1.82) is 0 Å². The maximum atomic E-state index is 13.4. The van der Waals surface area contributed by atoms with Gasteiger partial charge in [-0.15, -0.1) is 0 Å². The van der Waals surface area contributed by atoms with Gasteiger partial charge in [0.05, 0.1) is 11.2 Å². The Morgan fingerprint density at radius 3 is 2.65 bits per heavy atom. The van der Waals surface area contributed by atoms with Crippen LogP contribution in [0.2, 0.25) is 0 Å². The van der Waals surface area contributed by atoms with E-state index in [0.29, 0.717) is 22.3 Å². The molecule has 1 atom stereocenters. The molecule has 0 saturated heterocycles. The van der Waals surface area contributed by atoms with Crippen LogP contribution in [0, 0.1) is 0 Å². The zero-order chi connectivity index (χ0) is 24.6. The zero-order valence-corrected chi connectivity index (χ0v) is 20.2. The van der Waals surface area contributed by atoms with Crippen LogP contribution in [0.3, 0.4) is 0 Å². The van der Waals surface area contributed by atoms with E-state index in [0.717, 1.165) is 4.31 Å². The molecule has 34 heavy (non-hydrogen) atoms. The Hall–Kier alpha value is -3.14. The molecule has 1 aromatic carbocycles. The quantitative estimate of drug-likeness (QED) is 0.461. The smallest absolute Gasteiger partial charge is 0.324 e. The number of carboxylic acids is 1. The number of pyridine rings is 1. The van der Waals surface area contributed by atoms with Crippen LogP contribution in [-0.2, 0) is 14.8 Å². The minimum absolute atomic E-state index is 0.00694. The fourth-order valence-electron chi connectivity index (χ4n) is 3.75. The number of sulfonamides is 1. The van der Waals surface area contributed by atoms with Gasteiger partial charge in [0.15, 0.2) is 5.78 Å². The highest BCUT2D eigenvalue weighted by atomic mass is 35.5. The number of carbonyl (C=O) groups excluding carboxylic acids is 1. The van der Waals surface area contributed by atoms with Crippen molar-refractivity contribution < 1.29 is 23.1 Å². The van der Waals surface area contributed by atoms with E-state index in [-0.39, 0.29) is 28.0 Å². The molecule has 2 aromatic heterocycles. The second-order valence-corrected chi connectivity index (χ2v) is 10.7. The van der Waals surface area contributed by atoms with Gasteiger partial charge >= 0.3 is 5.97 Å². The maximum absolute atomic E-state index is 13.4. The summed E-state index contributed by atoms with van der Waals surface area (Å²) in [5.74, 6) is -0.878. The number of benzene rings is 1. The molecule has 2 heterocycles. The first kappa shape index (κ1) is 24.0. The lowest BCUT2D eigenvalue weighted by Crippen LogP contribution is -2.41. The summed E-state index contributed by atoms with van der Waals surface area (Å²) in [5, 5.41) is 9.42. The van der Waals surface area contributed by atoms with Crippen molar-refractivity contribution in [3.05, 3.63) is 76.6 Å². The Bertz CT molecular complexity index is 1480. The number of anilines is 1. The average Bonchev–Trinajstić information content (AvgIpc) is 3.20. The molecule has 0 saturated carbocycles. The van der Waals surface area contributed by atoms with E-state index in [9.17, 15) is 23.1 Å². The van der Waals surface area contributed by atoms with Crippen LogP contribution in [0.15, 0.2) is 71.0 Å². The molecule has 1 aliphatic carbocycles. The molecule has 0 amide bonds. The molecular formula is C23H19Cl2N3O5S. The molecule has 0 bridgehead atoms. The highest BCUT2D eigenvalue weighted by molar-refractivity contribution is 7.93. The molecule has 176 valence electrons. The normalized spacial score (nSPS) is 16.1. The van der Waals surface area contributed by atoms with E-state index in [4.69, 9.17) is 23.2 Å². The SMILES string of the molecule is CC(=O)c1ccnc(-n2ccc3cc(N(CC(=O)O)S(=O)(=O)C4C=C(Cl)C=C(Cl)C4)ccc32)c1. The Balaban J connectivity index is 1.76. The highest BCUT2D eigenvalue weighted by Gasteiger charge is 2.34. The number of aliphatic carboxylic acids is 1. The molecule has 8 nitrogen and oxygen atoms in total. The van der Waals surface area contributed by atoms with Gasteiger partial charge in [-0.1, -0.05) is 23.2 Å². The van der Waals surface area contributed by atoms with E-state index in [1.54, 1.807) is 41.1 Å². The van der Waals surface area contributed by atoms with E-state index >= 15 is 0 Å². The molecule has 1 aliphatic rings. The summed E-state index contributed by atoms with van der Waals surface area (Å²) in [4.78, 5) is 27.6. The molecule has 0 aliphatic heterocycles. The monoisotopic (exact) mass is 519 g/mol. The lowest BCUT2D eigenvalue weighted by Gasteiger charge is -2.28. The summed E-state index contributed by atoms with van der Waals surface area (Å²) < 4.78 is 29.4. The summed E-state index contributed by atoms with van der Waals surface area (Å²) in [6, 6.07) is 9.83. The van der Waals surface area contributed by atoms with Crippen LogP contribution >= 0.6 is 23.2 Å². The van der Waals surface area contributed by atoms with Crippen LogP contribution in [0.25, 0.3) is 16.7 Å². The zero-order valence-electron chi connectivity index (χ0n) is 17.9. The fraction of sp³-hybridized carbons (Fsp3) is 0.174. The number of nitrogens with zero attached hydrogens (tertiary/aromatic N) is 3. The lowest BCUT2D eigenvalue weighted by atomic mass is 10.2. The number of Topliss-reactive ketones (excluding diaryl/α,β-unsaturated/α-hetero) is 1. The summed E-state index contributed by atoms with van der Waals surface area (Å²) in [6.45, 7) is 0.703. The van der Waals surface area contributed by atoms with Gasteiger partial charge in [0.2, 0.25) is 10.0 Å². The van der Waals surface area contributed by atoms with Crippen LogP contribution in [0.1, 0.15) is 23.7 Å². The van der Waals surface area contributed by atoms with E-state index in [2.05, 4.69) is 4.98 Å². The number of ketones is 1. The number of halogens is 2. The Labute approximate surface area is 205 Å². The van der Waals surface area contributed by atoms with Gasteiger partial charge in [-0.25, -0.2) is 13.4 Å². The summed E-state index contributed by atoms with van der Waals surface area (Å²) in [5.41, 5.74) is 1.40. The Kier molecular flexibility index (Phi) is 6.53. The van der Waals surface area contributed by atoms with E-state index < -0.39 is 27.8 Å². The van der Waals surface area contributed by atoms with Gasteiger partial charge in [0, 0.05) is 39.8 Å². The third kappa shape index (κ3) is 4.72. The highest BCUT2D eigenvalue weighted by Crippen LogP contribution is 2.32. The van der Waals surface area contributed by atoms with E-state index in [1.165, 1.54) is 31.3 Å². The predicted octanol–water partition coefficient (Wildman–Crippen LogP) is 4.47. The average molecular weight is 520 g/mol. The number of carbonyl (C=O) groups is 2. The molecule has 1 unspecified atom stereocenters. The van der Waals surface area contributed by atoms with Crippen LogP contribution in [-0.4, -0.2) is 46.6 Å². The minimum Gasteiger partial charge on any atom is -0.480 e. The van der Waals surface area contributed by atoms with Gasteiger partial charge in [-0.2, -0.15) is 0 Å². The van der Waals surface area contributed by atoms with Crippen molar-refractivity contribution in [1.82, 2.24) is 9.55 Å². The second-order valence-electron chi connectivity index (χ2n) is 7.72. The van der Waals surface area contributed by atoms with Crippen molar-refractivity contribution in [2.24, 2.45) is 0 Å². The molecule has 0 radical (unpaired) electrons. The number of hydrogen-bond acceptors (Lipinski definition) is 5. The van der Waals surface area contributed by atoms with Crippen molar-refractivity contribution in [3.63, 3.8) is 0 Å². The Morgan fingerprint density at radius 2 is 1.97 bits per heavy atom. The standard InChI is InChI=1S/C23H19Cl2N3O5S/c1-14(29)15-4-6-26-22(9-15)27-7-5-16-8-19(2-3-21(16)27)28(13-23(30)31)34(32,33)20-11-17(24)10-18(25)12-20/h2-11,20H,12-13H2,1H3,(H,30,31). The van der Waals surface area contributed by atoms with Crippen molar-refractivity contribution >= 4 is 61.6 Å². The number of allylic oxidation sites excluding steroid dienone is 3. The van der Waals surface area contributed by atoms with Gasteiger partial charge in [0.25, 0.3) is 0 Å². The number of rotatable bonds is 7. The number of fused-ring (bicyclic) bond motifs is 1. The van der Waals surface area contributed by atoms with Crippen molar-refractivity contribution in [2.75, 3.05) is 10.8 Å². The third-order valence-corrected chi connectivity index (χ3v) is 7.89. The van der Waals surface area contributed by atoms with Crippen LogP contribution in [0.5, 0.6) is 0 Å². The fourth-order valence-corrected chi connectivity index (χ4v) is 6.27. The van der Waals surface area contributed by atoms with Gasteiger partial charge in [-0.3, -0.25) is 13.9 Å². The van der Waals surface area contributed by atoms with Crippen LogP contribution in [0.4, 0.5) is 5.69 Å². The molecular weight excluding hydrogens is 501 g/mol. The predicted molar refractivity (Wildman–Crippen MR) is 131 cm³/mol. The number of carboxylic acid groups (broad SMARTS) is 1. The summed E-state index contributed by atoms with van der Waals surface area (Å²) in [7, 11) is -4.16. The Morgan fingerprint density at radius 1 is 1.21 bits per heavy atom. The topological polar surface area (TPSA) is 110 Å².